The van der Waals surface area contributed by atoms with Crippen LogP contribution in [0.2, 0.25) is 0 Å². The van der Waals surface area contributed by atoms with E-state index in [-0.39, 0.29) is 30.2 Å². The second-order valence-corrected chi connectivity index (χ2v) is 8.95. The Balaban J connectivity index is 1.57. The maximum atomic E-state index is 13.7. The predicted octanol–water partition coefficient (Wildman–Crippen LogP) is 3.95. The lowest BCUT2D eigenvalue weighted by molar-refractivity contribution is -0.139. The first kappa shape index (κ1) is 23.2. The third kappa shape index (κ3) is 4.42. The number of nitrogens with one attached hydrogen (secondary N) is 2. The van der Waals surface area contributed by atoms with Crippen molar-refractivity contribution in [1.82, 2.24) is 10.6 Å². The Morgan fingerprint density at radius 2 is 1.74 bits per heavy atom. The number of hydrogen-bond acceptors (Lipinski definition) is 4. The zero-order valence-corrected chi connectivity index (χ0v) is 19.4. The summed E-state index contributed by atoms with van der Waals surface area (Å²) in [5.41, 5.74) is 3.42. The molecule has 0 heterocycles. The van der Waals surface area contributed by atoms with Crippen LogP contribution >= 0.6 is 0 Å². The molecule has 1 atom stereocenters. The fraction of sp³-hybridized carbons (Fsp3) is 0.286. The van der Waals surface area contributed by atoms with Gasteiger partial charge in [-0.15, -0.1) is 0 Å². The van der Waals surface area contributed by atoms with Crippen LogP contribution in [0.4, 0.5) is 0 Å². The lowest BCUT2D eigenvalue weighted by Crippen LogP contribution is -2.40. The molecule has 3 aromatic carbocycles. The molecule has 34 heavy (non-hydrogen) atoms. The average Bonchev–Trinajstić information content (AvgIpc) is 3.66. The Bertz CT molecular complexity index is 1320. The van der Waals surface area contributed by atoms with Gasteiger partial charge in [0.25, 0.3) is 0 Å². The highest BCUT2D eigenvalue weighted by Gasteiger charge is 2.52. The van der Waals surface area contributed by atoms with Crippen molar-refractivity contribution in [2.45, 2.75) is 38.6 Å². The molecular weight excluding hydrogens is 426 g/mol. The molecule has 172 valence electrons. The molecule has 1 aliphatic rings. The maximum Gasteiger partial charge on any atom is 0.310 e. The summed E-state index contributed by atoms with van der Waals surface area (Å²) in [6, 6.07) is 21.7. The largest absolute Gasteiger partial charge is 0.344 e. The van der Waals surface area contributed by atoms with Crippen molar-refractivity contribution in [2.75, 3.05) is 6.54 Å². The molecule has 6 nitrogen and oxygen atoms in total. The van der Waals surface area contributed by atoms with Crippen LogP contribution in [-0.2, 0) is 21.5 Å². The minimum absolute atomic E-state index is 0.0281. The van der Waals surface area contributed by atoms with Crippen molar-refractivity contribution in [3.8, 4) is 6.07 Å². The molecule has 0 bridgehead atoms. The number of aryl methyl sites for hydroxylation is 1. The molecule has 0 aromatic heterocycles. The van der Waals surface area contributed by atoms with Crippen LogP contribution < -0.4 is 10.6 Å². The van der Waals surface area contributed by atoms with Gasteiger partial charge in [0.15, 0.2) is 5.78 Å². The van der Waals surface area contributed by atoms with Gasteiger partial charge >= 0.3 is 11.8 Å². The molecular formula is C28H27N3O3. The van der Waals surface area contributed by atoms with Crippen LogP contribution in [0.1, 0.15) is 46.8 Å². The van der Waals surface area contributed by atoms with Gasteiger partial charge in [-0.25, -0.2) is 0 Å². The standard InChI is InChI=1S/C28H27N3O3/c1-18-10-11-22-20(16-18)7-5-9-24(22)28(12-13-28)19(2)25(32)23-8-4-3-6-21(23)17-31-27(34)26(33)30-15-14-29/h3-11,16,19H,12-13,15,17H2,1-2H3,(H,30,33)(H,31,34)/t19-/m1/s1. The maximum absolute atomic E-state index is 13.7. The minimum atomic E-state index is -0.873. The summed E-state index contributed by atoms with van der Waals surface area (Å²) in [7, 11) is 0. The van der Waals surface area contributed by atoms with E-state index < -0.39 is 11.8 Å². The van der Waals surface area contributed by atoms with Gasteiger partial charge in [-0.1, -0.05) is 73.2 Å². The number of carbonyl (C=O) groups excluding carboxylic acids is 3. The van der Waals surface area contributed by atoms with Crippen molar-refractivity contribution in [1.29, 1.82) is 5.26 Å². The van der Waals surface area contributed by atoms with E-state index in [1.807, 2.05) is 13.0 Å². The van der Waals surface area contributed by atoms with Gasteiger partial charge in [-0.2, -0.15) is 5.26 Å². The smallest absolute Gasteiger partial charge is 0.310 e. The number of nitriles is 1. The van der Waals surface area contributed by atoms with Gasteiger partial charge in [0, 0.05) is 23.4 Å². The Morgan fingerprint density at radius 1 is 1.00 bits per heavy atom. The summed E-state index contributed by atoms with van der Waals surface area (Å²) in [5.74, 6) is -1.92. The number of carbonyl (C=O) groups is 3. The van der Waals surface area contributed by atoms with E-state index in [0.29, 0.717) is 11.1 Å². The zero-order chi connectivity index (χ0) is 24.3. The number of hydrogen-bond donors (Lipinski definition) is 2. The van der Waals surface area contributed by atoms with Crippen molar-refractivity contribution >= 4 is 28.4 Å². The fourth-order valence-corrected chi connectivity index (χ4v) is 4.76. The average molecular weight is 454 g/mol. The molecule has 1 fully saturated rings. The Morgan fingerprint density at radius 3 is 2.47 bits per heavy atom. The first-order chi connectivity index (χ1) is 16.4. The van der Waals surface area contributed by atoms with Crippen LogP contribution in [0.3, 0.4) is 0 Å². The van der Waals surface area contributed by atoms with E-state index in [0.717, 1.165) is 12.8 Å². The first-order valence-corrected chi connectivity index (χ1v) is 11.4. The summed E-state index contributed by atoms with van der Waals surface area (Å²) in [5, 5.41) is 15.7. The van der Waals surface area contributed by atoms with E-state index in [1.165, 1.54) is 21.9 Å². The van der Waals surface area contributed by atoms with E-state index in [4.69, 9.17) is 5.26 Å². The SMILES string of the molecule is Cc1ccc2c(C3([C@H](C)C(=O)c4ccccc4CNC(=O)C(=O)NCC#N)CC3)cccc2c1. The van der Waals surface area contributed by atoms with Gasteiger partial charge < -0.3 is 10.6 Å². The Labute approximate surface area is 199 Å². The molecule has 0 spiro atoms. The number of ketones is 1. The zero-order valence-electron chi connectivity index (χ0n) is 19.4. The molecule has 6 heteroatoms. The van der Waals surface area contributed by atoms with E-state index in [2.05, 4.69) is 54.0 Å². The molecule has 1 saturated carbocycles. The number of amides is 2. The highest BCUT2D eigenvalue weighted by Crippen LogP contribution is 2.56. The predicted molar refractivity (Wildman–Crippen MR) is 130 cm³/mol. The Hall–Kier alpha value is -3.98. The van der Waals surface area contributed by atoms with Crippen LogP contribution in [0.5, 0.6) is 0 Å². The topological polar surface area (TPSA) is 99.1 Å². The Kier molecular flexibility index (Phi) is 6.47. The van der Waals surface area contributed by atoms with Crippen LogP contribution in [-0.4, -0.2) is 24.1 Å². The number of rotatable bonds is 7. The van der Waals surface area contributed by atoms with Gasteiger partial charge in [0.2, 0.25) is 0 Å². The third-order valence-electron chi connectivity index (χ3n) is 6.84. The molecule has 2 N–H and O–H groups in total. The van der Waals surface area contributed by atoms with E-state index in [1.54, 1.807) is 24.3 Å². The van der Waals surface area contributed by atoms with E-state index >= 15 is 0 Å². The second kappa shape index (κ2) is 9.48. The van der Waals surface area contributed by atoms with Gasteiger partial charge in [-0.3, -0.25) is 14.4 Å². The number of fused-ring (bicyclic) bond motifs is 1. The normalized spacial score (nSPS) is 14.6. The molecule has 0 radical (unpaired) electrons. The first-order valence-electron chi connectivity index (χ1n) is 11.4. The third-order valence-corrected chi connectivity index (χ3v) is 6.84. The van der Waals surface area contributed by atoms with Crippen LogP contribution in [0.15, 0.2) is 60.7 Å². The number of nitrogens with zero attached hydrogens (tertiary/aromatic N) is 1. The molecule has 2 amide bonds. The fourth-order valence-electron chi connectivity index (χ4n) is 4.76. The minimum Gasteiger partial charge on any atom is -0.344 e. The van der Waals surface area contributed by atoms with E-state index in [9.17, 15) is 14.4 Å². The number of Topliss-reactive ketones (excluding diaryl/α,β-unsaturated/α-hetero) is 1. The highest BCUT2D eigenvalue weighted by atomic mass is 16.2. The monoisotopic (exact) mass is 453 g/mol. The second-order valence-electron chi connectivity index (χ2n) is 8.95. The summed E-state index contributed by atoms with van der Waals surface area (Å²) >= 11 is 0. The molecule has 0 saturated heterocycles. The highest BCUT2D eigenvalue weighted by molar-refractivity contribution is 6.35. The molecule has 3 aromatic rings. The summed E-state index contributed by atoms with van der Waals surface area (Å²) in [6.45, 7) is 3.88. The van der Waals surface area contributed by atoms with Crippen LogP contribution in [0, 0.1) is 24.2 Å². The molecule has 0 aliphatic heterocycles. The van der Waals surface area contributed by atoms with Crippen LogP contribution in [0.25, 0.3) is 10.8 Å². The van der Waals surface area contributed by atoms with Gasteiger partial charge in [-0.05, 0) is 41.7 Å². The molecule has 1 aliphatic carbocycles. The summed E-state index contributed by atoms with van der Waals surface area (Å²) < 4.78 is 0. The molecule has 0 unspecified atom stereocenters. The van der Waals surface area contributed by atoms with Gasteiger partial charge in [0.05, 0.1) is 6.07 Å². The lowest BCUT2D eigenvalue weighted by Gasteiger charge is -2.25. The van der Waals surface area contributed by atoms with Crippen molar-refractivity contribution in [3.63, 3.8) is 0 Å². The summed E-state index contributed by atoms with van der Waals surface area (Å²) in [6.07, 6.45) is 1.90. The number of benzene rings is 3. The van der Waals surface area contributed by atoms with Gasteiger partial charge in [0.1, 0.15) is 6.54 Å². The van der Waals surface area contributed by atoms with Crippen molar-refractivity contribution < 1.29 is 14.4 Å². The summed E-state index contributed by atoms with van der Waals surface area (Å²) in [4.78, 5) is 37.5. The quantitative estimate of drug-likeness (QED) is 0.321. The molecule has 4 rings (SSSR count). The lowest BCUT2D eigenvalue weighted by atomic mass is 9.77. The van der Waals surface area contributed by atoms with Crippen molar-refractivity contribution in [3.05, 3.63) is 82.9 Å². The van der Waals surface area contributed by atoms with Crippen molar-refractivity contribution in [2.24, 2.45) is 5.92 Å².